The van der Waals surface area contributed by atoms with Crippen LogP contribution in [0.3, 0.4) is 0 Å². The van der Waals surface area contributed by atoms with Crippen molar-refractivity contribution in [2.45, 2.75) is 57.5 Å². The number of nitrogens with one attached hydrogen (secondary N) is 2. The number of nitrogens with zero attached hydrogens (tertiary/aromatic N) is 3. The third-order valence-electron chi connectivity index (χ3n) is 5.31. The fraction of sp³-hybridized carbons (Fsp3) is 0.941. The molecule has 2 heterocycles. The Hall–Kier alpha value is -0.0800. The number of rotatable bonds is 6. The zero-order chi connectivity index (χ0) is 15.8. The van der Waals surface area contributed by atoms with Crippen LogP contribution >= 0.6 is 24.0 Å². The molecule has 0 radical (unpaired) electrons. The first-order chi connectivity index (χ1) is 10.7. The van der Waals surface area contributed by atoms with Gasteiger partial charge >= 0.3 is 0 Å². The van der Waals surface area contributed by atoms with E-state index in [1.807, 2.05) is 7.05 Å². The predicted octanol–water partition coefficient (Wildman–Crippen LogP) is 2.13. The summed E-state index contributed by atoms with van der Waals surface area (Å²) in [6.45, 7) is 7.91. The van der Waals surface area contributed by atoms with Gasteiger partial charge in [-0.1, -0.05) is 13.3 Å². The molecule has 6 heteroatoms. The van der Waals surface area contributed by atoms with Crippen molar-refractivity contribution in [2.24, 2.45) is 4.99 Å². The van der Waals surface area contributed by atoms with Gasteiger partial charge in [0, 0.05) is 38.8 Å². The summed E-state index contributed by atoms with van der Waals surface area (Å²) in [5, 5.41) is 6.96. The number of hydrogen-bond acceptors (Lipinski definition) is 3. The number of likely N-dealkylation sites (tertiary alicyclic amines) is 2. The predicted molar refractivity (Wildman–Crippen MR) is 110 cm³/mol. The first kappa shape index (κ1) is 21.0. The van der Waals surface area contributed by atoms with Crippen LogP contribution in [0, 0.1) is 0 Å². The highest BCUT2D eigenvalue weighted by molar-refractivity contribution is 14.0. The summed E-state index contributed by atoms with van der Waals surface area (Å²) < 4.78 is 0. The second kappa shape index (κ2) is 11.5. The van der Waals surface area contributed by atoms with Crippen molar-refractivity contribution in [2.75, 3.05) is 46.8 Å². The van der Waals surface area contributed by atoms with Crippen molar-refractivity contribution in [1.29, 1.82) is 0 Å². The molecule has 0 amide bonds. The second-order valence-electron chi connectivity index (χ2n) is 6.75. The van der Waals surface area contributed by atoms with E-state index in [0.29, 0.717) is 6.04 Å². The monoisotopic (exact) mass is 437 g/mol. The van der Waals surface area contributed by atoms with Crippen molar-refractivity contribution < 1.29 is 0 Å². The van der Waals surface area contributed by atoms with Crippen LogP contribution in [0.15, 0.2) is 4.99 Å². The minimum absolute atomic E-state index is 0. The maximum absolute atomic E-state index is 4.35. The molecule has 136 valence electrons. The maximum atomic E-state index is 4.35. The molecular weight excluding hydrogens is 401 g/mol. The lowest BCUT2D eigenvalue weighted by Gasteiger charge is -2.35. The molecule has 0 aromatic rings. The first-order valence-electron chi connectivity index (χ1n) is 9.13. The number of likely N-dealkylation sites (N-methyl/N-ethyl adjacent to an activating group) is 1. The molecule has 0 aromatic heterocycles. The summed E-state index contributed by atoms with van der Waals surface area (Å²) >= 11 is 0. The molecule has 2 unspecified atom stereocenters. The number of hydrogen-bond donors (Lipinski definition) is 2. The molecule has 2 fully saturated rings. The normalized spacial score (nSPS) is 26.8. The van der Waals surface area contributed by atoms with E-state index in [4.69, 9.17) is 0 Å². The second-order valence-corrected chi connectivity index (χ2v) is 6.75. The third-order valence-corrected chi connectivity index (χ3v) is 5.31. The lowest BCUT2D eigenvalue weighted by atomic mass is 10.0. The Morgan fingerprint density at radius 2 is 1.87 bits per heavy atom. The molecule has 23 heavy (non-hydrogen) atoms. The van der Waals surface area contributed by atoms with Crippen LogP contribution in [0.4, 0.5) is 0 Å². The van der Waals surface area contributed by atoms with Gasteiger partial charge in [0.15, 0.2) is 5.96 Å². The van der Waals surface area contributed by atoms with Gasteiger partial charge in [-0.25, -0.2) is 0 Å². The van der Waals surface area contributed by atoms with Crippen molar-refractivity contribution in [1.82, 2.24) is 20.4 Å². The Bertz CT molecular complexity index is 350. The third kappa shape index (κ3) is 6.74. The van der Waals surface area contributed by atoms with Crippen LogP contribution in [0.25, 0.3) is 0 Å². The molecule has 0 aliphatic carbocycles. The van der Waals surface area contributed by atoms with Gasteiger partial charge in [0.2, 0.25) is 0 Å². The molecule has 2 aliphatic rings. The molecule has 5 nitrogen and oxygen atoms in total. The molecule has 2 aliphatic heterocycles. The van der Waals surface area contributed by atoms with Crippen molar-refractivity contribution in [3.63, 3.8) is 0 Å². The molecule has 0 saturated carbocycles. The fourth-order valence-corrected chi connectivity index (χ4v) is 3.81. The minimum atomic E-state index is 0. The van der Waals surface area contributed by atoms with Crippen LogP contribution in [0.2, 0.25) is 0 Å². The van der Waals surface area contributed by atoms with Crippen LogP contribution in [-0.4, -0.2) is 74.7 Å². The summed E-state index contributed by atoms with van der Waals surface area (Å²) in [5.41, 5.74) is 0. The summed E-state index contributed by atoms with van der Waals surface area (Å²) in [4.78, 5) is 9.44. The SMILES string of the molecule is CCC1CCCCN1CCNC(=NC)NCC1CCCN1C.I. The van der Waals surface area contributed by atoms with Crippen molar-refractivity contribution in [3.8, 4) is 0 Å². The molecular formula is C17H36IN5. The molecule has 0 bridgehead atoms. The highest BCUT2D eigenvalue weighted by Crippen LogP contribution is 2.18. The van der Waals surface area contributed by atoms with E-state index in [-0.39, 0.29) is 24.0 Å². The van der Waals surface area contributed by atoms with E-state index in [0.717, 1.165) is 31.6 Å². The number of guanidine groups is 1. The van der Waals surface area contributed by atoms with Gasteiger partial charge in [-0.05, 0) is 52.2 Å². The lowest BCUT2D eigenvalue weighted by Crippen LogP contribution is -2.47. The minimum Gasteiger partial charge on any atom is -0.355 e. The molecule has 2 N–H and O–H groups in total. The molecule has 2 atom stereocenters. The Kier molecular flexibility index (Phi) is 10.5. The van der Waals surface area contributed by atoms with Crippen LogP contribution in [0.1, 0.15) is 45.4 Å². The standard InChI is InChI=1S/C17H35N5.HI/c1-4-15-8-5-6-12-22(15)13-10-19-17(18-2)20-14-16-9-7-11-21(16)3;/h15-16H,4-14H2,1-3H3,(H2,18,19,20);1H. The summed E-state index contributed by atoms with van der Waals surface area (Å²) in [6, 6.07) is 1.45. The van der Waals surface area contributed by atoms with Crippen LogP contribution < -0.4 is 10.6 Å². The van der Waals surface area contributed by atoms with Crippen molar-refractivity contribution >= 4 is 29.9 Å². The number of aliphatic imine (C=N–C) groups is 1. The van der Waals surface area contributed by atoms with Gasteiger partial charge in [-0.15, -0.1) is 24.0 Å². The van der Waals surface area contributed by atoms with E-state index in [9.17, 15) is 0 Å². The van der Waals surface area contributed by atoms with Gasteiger partial charge in [0.25, 0.3) is 0 Å². The Morgan fingerprint density at radius 3 is 2.52 bits per heavy atom. The highest BCUT2D eigenvalue weighted by atomic mass is 127. The average Bonchev–Trinajstić information content (AvgIpc) is 2.96. The Balaban J connectivity index is 0.00000264. The lowest BCUT2D eigenvalue weighted by molar-refractivity contribution is 0.147. The van der Waals surface area contributed by atoms with E-state index in [1.54, 1.807) is 0 Å². The largest absolute Gasteiger partial charge is 0.355 e. The van der Waals surface area contributed by atoms with Gasteiger partial charge in [-0.3, -0.25) is 9.89 Å². The average molecular weight is 437 g/mol. The number of halogens is 1. The van der Waals surface area contributed by atoms with E-state index in [1.165, 1.54) is 51.6 Å². The van der Waals surface area contributed by atoms with Gasteiger partial charge in [0.05, 0.1) is 0 Å². The topological polar surface area (TPSA) is 42.9 Å². The zero-order valence-corrected chi connectivity index (χ0v) is 17.5. The summed E-state index contributed by atoms with van der Waals surface area (Å²) in [7, 11) is 4.08. The molecule has 2 saturated heterocycles. The maximum Gasteiger partial charge on any atom is 0.191 e. The van der Waals surface area contributed by atoms with Crippen LogP contribution in [-0.2, 0) is 0 Å². The van der Waals surface area contributed by atoms with E-state index >= 15 is 0 Å². The first-order valence-corrected chi connectivity index (χ1v) is 9.13. The summed E-state index contributed by atoms with van der Waals surface area (Å²) in [6.07, 6.45) is 8.03. The highest BCUT2D eigenvalue weighted by Gasteiger charge is 2.21. The van der Waals surface area contributed by atoms with Crippen LogP contribution in [0.5, 0.6) is 0 Å². The van der Waals surface area contributed by atoms with Gasteiger partial charge < -0.3 is 15.5 Å². The van der Waals surface area contributed by atoms with E-state index < -0.39 is 0 Å². The smallest absolute Gasteiger partial charge is 0.191 e. The zero-order valence-electron chi connectivity index (χ0n) is 15.2. The molecule has 2 rings (SSSR count). The van der Waals surface area contributed by atoms with E-state index in [2.05, 4.69) is 39.4 Å². The summed E-state index contributed by atoms with van der Waals surface area (Å²) in [5.74, 6) is 0.949. The van der Waals surface area contributed by atoms with Gasteiger partial charge in [0.1, 0.15) is 0 Å². The number of piperidine rings is 1. The Morgan fingerprint density at radius 1 is 1.09 bits per heavy atom. The molecule has 0 aromatic carbocycles. The quantitative estimate of drug-likeness (QED) is 0.380. The fourth-order valence-electron chi connectivity index (χ4n) is 3.81. The molecule has 0 spiro atoms. The van der Waals surface area contributed by atoms with Crippen molar-refractivity contribution in [3.05, 3.63) is 0 Å². The van der Waals surface area contributed by atoms with Gasteiger partial charge in [-0.2, -0.15) is 0 Å². The Labute approximate surface area is 159 Å².